The quantitative estimate of drug-likeness (QED) is 0.654. The zero-order valence-electron chi connectivity index (χ0n) is 11.8. The number of nitro groups is 1. The summed E-state index contributed by atoms with van der Waals surface area (Å²) in [6.45, 7) is -1.47. The van der Waals surface area contributed by atoms with Gasteiger partial charge in [0.05, 0.1) is 16.8 Å². The summed E-state index contributed by atoms with van der Waals surface area (Å²) < 4.78 is 38.8. The smallest absolute Gasteiger partial charge is 0.394 e. The number of nitro benzene ring substituents is 1. The molecule has 0 radical (unpaired) electrons. The Balaban J connectivity index is 2.31. The number of carboxylic acid groups (broad SMARTS) is 1. The maximum atomic E-state index is 12.9. The van der Waals surface area contributed by atoms with Crippen molar-refractivity contribution in [2.45, 2.75) is 6.18 Å². The highest BCUT2D eigenvalue weighted by atomic mass is 35.5. The Hall–Kier alpha value is -2.36. The zero-order chi connectivity index (χ0) is 18.2. The van der Waals surface area contributed by atoms with Crippen molar-refractivity contribution in [3.63, 3.8) is 0 Å². The fraction of sp³-hybridized carbons (Fsp3) is 0.385. The van der Waals surface area contributed by atoms with E-state index in [-0.39, 0.29) is 10.6 Å². The van der Waals surface area contributed by atoms with Crippen LogP contribution < -0.4 is 0 Å². The van der Waals surface area contributed by atoms with Crippen molar-refractivity contribution in [3.8, 4) is 0 Å². The van der Waals surface area contributed by atoms with Gasteiger partial charge < -0.3 is 10.0 Å². The summed E-state index contributed by atoms with van der Waals surface area (Å²) in [7, 11) is 0. The number of rotatable bonds is 3. The molecule has 2 atom stereocenters. The summed E-state index contributed by atoms with van der Waals surface area (Å²) in [5.41, 5.74) is -0.770. The van der Waals surface area contributed by atoms with Crippen LogP contribution in [0.15, 0.2) is 18.2 Å². The Labute approximate surface area is 137 Å². The predicted molar refractivity (Wildman–Crippen MR) is 74.7 cm³/mol. The molecule has 0 bridgehead atoms. The zero-order valence-corrected chi connectivity index (χ0v) is 12.5. The van der Waals surface area contributed by atoms with E-state index in [1.165, 1.54) is 0 Å². The Kier molecular flexibility index (Phi) is 4.70. The summed E-state index contributed by atoms with van der Waals surface area (Å²) in [4.78, 5) is 34.0. The Morgan fingerprint density at radius 1 is 1.29 bits per heavy atom. The van der Waals surface area contributed by atoms with Gasteiger partial charge in [0.25, 0.3) is 11.6 Å². The van der Waals surface area contributed by atoms with E-state index in [9.17, 15) is 32.9 Å². The first-order valence-corrected chi connectivity index (χ1v) is 6.92. The molecule has 0 saturated carbocycles. The highest BCUT2D eigenvalue weighted by molar-refractivity contribution is 6.31. The molecule has 11 heteroatoms. The molecular weight excluding hydrogens is 357 g/mol. The van der Waals surface area contributed by atoms with E-state index >= 15 is 0 Å². The Morgan fingerprint density at radius 3 is 2.38 bits per heavy atom. The van der Waals surface area contributed by atoms with E-state index in [1.807, 2.05) is 0 Å². The summed E-state index contributed by atoms with van der Waals surface area (Å²) in [6.07, 6.45) is -4.78. The fourth-order valence-corrected chi connectivity index (χ4v) is 2.77. The second-order valence-corrected chi connectivity index (χ2v) is 5.69. The number of amides is 1. The van der Waals surface area contributed by atoms with Crippen LogP contribution in [0.4, 0.5) is 18.9 Å². The minimum absolute atomic E-state index is 0.131. The SMILES string of the molecule is O=C(O)[C@@H]1CN(C(=O)c2cc(Cl)cc([N+](=O)[O-])c2)C[C@H]1C(F)(F)F. The summed E-state index contributed by atoms with van der Waals surface area (Å²) in [5, 5.41) is 19.6. The monoisotopic (exact) mass is 366 g/mol. The third-order valence-corrected chi connectivity index (χ3v) is 3.90. The third kappa shape index (κ3) is 3.58. The molecule has 1 aromatic carbocycles. The van der Waals surface area contributed by atoms with E-state index in [1.54, 1.807) is 0 Å². The molecule has 1 N–H and O–H groups in total. The van der Waals surface area contributed by atoms with Crippen molar-refractivity contribution < 1.29 is 32.8 Å². The van der Waals surface area contributed by atoms with E-state index in [4.69, 9.17) is 16.7 Å². The van der Waals surface area contributed by atoms with Gasteiger partial charge in [-0.3, -0.25) is 19.7 Å². The average molecular weight is 367 g/mol. The first-order chi connectivity index (χ1) is 11.0. The van der Waals surface area contributed by atoms with Crippen LogP contribution in [0.5, 0.6) is 0 Å². The fourth-order valence-electron chi connectivity index (χ4n) is 2.54. The van der Waals surface area contributed by atoms with Gasteiger partial charge in [0, 0.05) is 35.8 Å². The number of halogens is 4. The van der Waals surface area contributed by atoms with Gasteiger partial charge in [0.2, 0.25) is 0 Å². The van der Waals surface area contributed by atoms with Gasteiger partial charge in [0.1, 0.15) is 0 Å². The van der Waals surface area contributed by atoms with Crippen molar-refractivity contribution in [2.75, 3.05) is 13.1 Å². The number of carboxylic acids is 1. The van der Waals surface area contributed by atoms with Crippen molar-refractivity contribution in [3.05, 3.63) is 38.9 Å². The van der Waals surface area contributed by atoms with E-state index in [2.05, 4.69) is 0 Å². The first kappa shape index (κ1) is 18.0. The molecule has 0 spiro atoms. The molecule has 0 aliphatic carbocycles. The number of hydrogen-bond acceptors (Lipinski definition) is 4. The summed E-state index contributed by atoms with van der Waals surface area (Å²) in [5.74, 6) is -6.60. The molecule has 0 aromatic heterocycles. The predicted octanol–water partition coefficient (Wildman–Crippen LogP) is 2.58. The number of nitrogens with zero attached hydrogens (tertiary/aromatic N) is 2. The molecule has 1 saturated heterocycles. The van der Waals surface area contributed by atoms with Crippen LogP contribution in [-0.2, 0) is 4.79 Å². The van der Waals surface area contributed by atoms with Gasteiger partial charge in [-0.15, -0.1) is 0 Å². The summed E-state index contributed by atoms with van der Waals surface area (Å²) >= 11 is 5.68. The van der Waals surface area contributed by atoms with E-state index in [0.29, 0.717) is 4.90 Å². The standard InChI is InChI=1S/C13H10ClF3N2O5/c14-7-1-6(2-8(3-7)19(23)24)11(20)18-4-9(12(21)22)10(5-18)13(15,16)17/h1-3,9-10H,4-5H2,(H,21,22)/t9-,10-/m1/s1. The van der Waals surface area contributed by atoms with Gasteiger partial charge >= 0.3 is 12.1 Å². The topological polar surface area (TPSA) is 101 Å². The molecular formula is C13H10ClF3N2O5. The average Bonchev–Trinajstić information content (AvgIpc) is 2.91. The first-order valence-electron chi connectivity index (χ1n) is 6.54. The van der Waals surface area contributed by atoms with Gasteiger partial charge in [-0.05, 0) is 6.07 Å². The second-order valence-electron chi connectivity index (χ2n) is 5.26. The van der Waals surface area contributed by atoms with Crippen molar-refractivity contribution in [2.24, 2.45) is 11.8 Å². The van der Waals surface area contributed by atoms with Crippen molar-refractivity contribution in [1.82, 2.24) is 4.90 Å². The molecule has 130 valence electrons. The maximum Gasteiger partial charge on any atom is 0.394 e. The molecule has 0 unspecified atom stereocenters. The molecule has 24 heavy (non-hydrogen) atoms. The lowest BCUT2D eigenvalue weighted by Gasteiger charge is -2.18. The van der Waals surface area contributed by atoms with Gasteiger partial charge in [0.15, 0.2) is 0 Å². The Bertz CT molecular complexity index is 709. The van der Waals surface area contributed by atoms with E-state index < -0.39 is 53.6 Å². The Morgan fingerprint density at radius 2 is 1.92 bits per heavy atom. The molecule has 1 heterocycles. The van der Waals surface area contributed by atoms with Crippen LogP contribution in [-0.4, -0.2) is 46.1 Å². The van der Waals surface area contributed by atoms with Crippen LogP contribution in [0, 0.1) is 22.0 Å². The molecule has 1 amide bonds. The van der Waals surface area contributed by atoms with Crippen LogP contribution in [0.25, 0.3) is 0 Å². The number of carbonyl (C=O) groups is 2. The number of carbonyl (C=O) groups excluding carboxylic acids is 1. The van der Waals surface area contributed by atoms with E-state index in [0.717, 1.165) is 18.2 Å². The third-order valence-electron chi connectivity index (χ3n) is 3.69. The lowest BCUT2D eigenvalue weighted by atomic mass is 9.96. The molecule has 1 aromatic rings. The van der Waals surface area contributed by atoms with Crippen molar-refractivity contribution in [1.29, 1.82) is 0 Å². The number of alkyl halides is 3. The molecule has 1 aliphatic rings. The van der Waals surface area contributed by atoms with Crippen LogP contribution in [0.3, 0.4) is 0 Å². The van der Waals surface area contributed by atoms with Gasteiger partial charge in [-0.1, -0.05) is 11.6 Å². The van der Waals surface area contributed by atoms with Crippen LogP contribution in [0.2, 0.25) is 5.02 Å². The number of hydrogen-bond donors (Lipinski definition) is 1. The minimum Gasteiger partial charge on any atom is -0.481 e. The lowest BCUT2D eigenvalue weighted by molar-refractivity contribution is -0.384. The largest absolute Gasteiger partial charge is 0.481 e. The van der Waals surface area contributed by atoms with Crippen LogP contribution in [0.1, 0.15) is 10.4 Å². The minimum atomic E-state index is -4.78. The molecule has 1 aliphatic heterocycles. The number of non-ortho nitro benzene ring substituents is 1. The van der Waals surface area contributed by atoms with Crippen molar-refractivity contribution >= 4 is 29.2 Å². The number of aliphatic carboxylic acids is 1. The molecule has 2 rings (SSSR count). The second kappa shape index (κ2) is 6.27. The van der Waals surface area contributed by atoms with Crippen LogP contribution >= 0.6 is 11.6 Å². The van der Waals surface area contributed by atoms with Gasteiger partial charge in [-0.25, -0.2) is 0 Å². The van der Waals surface area contributed by atoms with Gasteiger partial charge in [-0.2, -0.15) is 13.2 Å². The number of likely N-dealkylation sites (tertiary alicyclic amines) is 1. The highest BCUT2D eigenvalue weighted by Gasteiger charge is 2.53. The highest BCUT2D eigenvalue weighted by Crippen LogP contribution is 2.38. The number of benzene rings is 1. The maximum absolute atomic E-state index is 12.9. The lowest BCUT2D eigenvalue weighted by Crippen LogP contribution is -2.34. The summed E-state index contributed by atoms with van der Waals surface area (Å²) in [6, 6.07) is 2.94. The molecule has 1 fully saturated rings. The molecule has 7 nitrogen and oxygen atoms in total. The normalized spacial score (nSPS) is 20.9.